The first-order valence-electron chi connectivity index (χ1n) is 7.30. The van der Waals surface area contributed by atoms with E-state index in [0.29, 0.717) is 18.6 Å². The van der Waals surface area contributed by atoms with Gasteiger partial charge in [-0.25, -0.2) is 0 Å². The van der Waals surface area contributed by atoms with E-state index in [2.05, 4.69) is 45.0 Å². The Labute approximate surface area is 126 Å². The molecule has 2 aromatic rings. The van der Waals surface area contributed by atoms with E-state index in [1.807, 2.05) is 18.2 Å². The second-order valence-corrected chi connectivity index (χ2v) is 6.24. The SMILES string of the molecule is CC(C)(C)c1cccc(CCC(=O)Oc2ccccc2)c1. The molecule has 110 valence electrons. The number of esters is 1. The Morgan fingerprint density at radius 3 is 2.38 bits per heavy atom. The Morgan fingerprint density at radius 2 is 1.71 bits per heavy atom. The van der Waals surface area contributed by atoms with Gasteiger partial charge in [-0.3, -0.25) is 4.79 Å². The number of para-hydroxylation sites is 1. The van der Waals surface area contributed by atoms with E-state index in [1.165, 1.54) is 11.1 Å². The maximum Gasteiger partial charge on any atom is 0.311 e. The van der Waals surface area contributed by atoms with Crippen molar-refractivity contribution >= 4 is 5.97 Å². The molecule has 0 saturated carbocycles. The Kier molecular flexibility index (Phi) is 4.79. The van der Waals surface area contributed by atoms with Gasteiger partial charge in [-0.05, 0) is 35.1 Å². The van der Waals surface area contributed by atoms with Gasteiger partial charge in [-0.1, -0.05) is 63.2 Å². The normalized spacial score (nSPS) is 11.2. The monoisotopic (exact) mass is 282 g/mol. The third-order valence-corrected chi connectivity index (χ3v) is 3.39. The van der Waals surface area contributed by atoms with Crippen LogP contribution in [0.5, 0.6) is 5.75 Å². The largest absolute Gasteiger partial charge is 0.427 e. The molecule has 0 unspecified atom stereocenters. The zero-order chi connectivity index (χ0) is 15.3. The molecule has 0 amide bonds. The summed E-state index contributed by atoms with van der Waals surface area (Å²) in [6.45, 7) is 6.57. The van der Waals surface area contributed by atoms with E-state index < -0.39 is 0 Å². The van der Waals surface area contributed by atoms with E-state index >= 15 is 0 Å². The lowest BCUT2D eigenvalue weighted by Gasteiger charge is -2.19. The second-order valence-electron chi connectivity index (χ2n) is 6.24. The van der Waals surface area contributed by atoms with Gasteiger partial charge in [-0.2, -0.15) is 0 Å². The third kappa shape index (κ3) is 4.75. The number of hydrogen-bond acceptors (Lipinski definition) is 2. The van der Waals surface area contributed by atoms with Gasteiger partial charge in [-0.15, -0.1) is 0 Å². The summed E-state index contributed by atoms with van der Waals surface area (Å²) in [7, 11) is 0. The highest BCUT2D eigenvalue weighted by Crippen LogP contribution is 2.23. The molecule has 0 radical (unpaired) electrons. The highest BCUT2D eigenvalue weighted by Gasteiger charge is 2.14. The van der Waals surface area contributed by atoms with Crippen molar-refractivity contribution in [3.05, 3.63) is 65.7 Å². The summed E-state index contributed by atoms with van der Waals surface area (Å²) >= 11 is 0. The summed E-state index contributed by atoms with van der Waals surface area (Å²) < 4.78 is 5.29. The first-order chi connectivity index (χ1) is 9.95. The van der Waals surface area contributed by atoms with Gasteiger partial charge < -0.3 is 4.74 Å². The summed E-state index contributed by atoms with van der Waals surface area (Å²) in [5, 5.41) is 0. The zero-order valence-corrected chi connectivity index (χ0v) is 12.9. The average molecular weight is 282 g/mol. The standard InChI is InChI=1S/C19H22O2/c1-19(2,3)16-9-7-8-15(14-16)12-13-18(20)21-17-10-5-4-6-11-17/h4-11,14H,12-13H2,1-3H3. The number of hydrogen-bond donors (Lipinski definition) is 0. The zero-order valence-electron chi connectivity index (χ0n) is 12.9. The molecule has 0 fully saturated rings. The van der Waals surface area contributed by atoms with Gasteiger partial charge in [0.2, 0.25) is 0 Å². The molecule has 2 rings (SSSR count). The van der Waals surface area contributed by atoms with Crippen LogP contribution in [0.3, 0.4) is 0 Å². The van der Waals surface area contributed by atoms with Crippen LogP contribution in [0, 0.1) is 0 Å². The maximum atomic E-state index is 11.8. The minimum Gasteiger partial charge on any atom is -0.427 e. The second kappa shape index (κ2) is 6.57. The topological polar surface area (TPSA) is 26.3 Å². The molecule has 0 aromatic heterocycles. The molecule has 0 N–H and O–H groups in total. The first-order valence-corrected chi connectivity index (χ1v) is 7.30. The molecule has 0 bridgehead atoms. The molecule has 2 heteroatoms. The lowest BCUT2D eigenvalue weighted by atomic mass is 9.86. The van der Waals surface area contributed by atoms with Gasteiger partial charge in [0, 0.05) is 6.42 Å². The van der Waals surface area contributed by atoms with Crippen LogP contribution < -0.4 is 4.74 Å². The smallest absolute Gasteiger partial charge is 0.311 e. The van der Waals surface area contributed by atoms with Crippen molar-refractivity contribution in [1.82, 2.24) is 0 Å². The van der Waals surface area contributed by atoms with Crippen LogP contribution in [0.4, 0.5) is 0 Å². The number of ether oxygens (including phenoxy) is 1. The fourth-order valence-electron chi connectivity index (χ4n) is 2.11. The molecule has 21 heavy (non-hydrogen) atoms. The number of carbonyl (C=O) groups excluding carboxylic acids is 1. The van der Waals surface area contributed by atoms with Gasteiger partial charge >= 0.3 is 5.97 Å². The molecule has 0 heterocycles. The minimum absolute atomic E-state index is 0.126. The van der Waals surface area contributed by atoms with Gasteiger partial charge in [0.1, 0.15) is 5.75 Å². The summed E-state index contributed by atoms with van der Waals surface area (Å²) in [5.41, 5.74) is 2.59. The predicted molar refractivity (Wildman–Crippen MR) is 85.5 cm³/mol. The Morgan fingerprint density at radius 1 is 1.00 bits per heavy atom. The number of aryl methyl sites for hydroxylation is 1. The van der Waals surface area contributed by atoms with Gasteiger partial charge in [0.05, 0.1) is 0 Å². The number of rotatable bonds is 4. The lowest BCUT2D eigenvalue weighted by Crippen LogP contribution is -2.12. The van der Waals surface area contributed by atoms with Crippen LogP contribution in [0.15, 0.2) is 54.6 Å². The Bertz CT molecular complexity index is 594. The molecule has 0 atom stereocenters. The van der Waals surface area contributed by atoms with E-state index in [4.69, 9.17) is 4.74 Å². The summed E-state index contributed by atoms with van der Waals surface area (Å²) in [6.07, 6.45) is 1.10. The van der Waals surface area contributed by atoms with Crippen LogP contribution in [0.2, 0.25) is 0 Å². The van der Waals surface area contributed by atoms with Crippen molar-refractivity contribution in [2.45, 2.75) is 39.0 Å². The first kappa shape index (κ1) is 15.3. The molecule has 0 saturated heterocycles. The van der Waals surface area contributed by atoms with Crippen LogP contribution >= 0.6 is 0 Å². The van der Waals surface area contributed by atoms with Crippen molar-refractivity contribution in [2.75, 3.05) is 0 Å². The van der Waals surface area contributed by atoms with E-state index in [-0.39, 0.29) is 11.4 Å². The molecule has 0 spiro atoms. The molecular weight excluding hydrogens is 260 g/mol. The number of benzene rings is 2. The van der Waals surface area contributed by atoms with Gasteiger partial charge in [0.15, 0.2) is 0 Å². The fourth-order valence-corrected chi connectivity index (χ4v) is 2.11. The van der Waals surface area contributed by atoms with Crippen LogP contribution in [0.1, 0.15) is 38.3 Å². The summed E-state index contributed by atoms with van der Waals surface area (Å²) in [5.74, 6) is 0.410. The quantitative estimate of drug-likeness (QED) is 0.608. The molecule has 0 aliphatic heterocycles. The predicted octanol–water partition coefficient (Wildman–Crippen LogP) is 4.52. The highest BCUT2D eigenvalue weighted by molar-refractivity contribution is 5.72. The molecule has 2 nitrogen and oxygen atoms in total. The van der Waals surface area contributed by atoms with Crippen molar-refractivity contribution < 1.29 is 9.53 Å². The van der Waals surface area contributed by atoms with Crippen molar-refractivity contribution in [3.8, 4) is 5.75 Å². The van der Waals surface area contributed by atoms with Crippen LogP contribution in [0.25, 0.3) is 0 Å². The third-order valence-electron chi connectivity index (χ3n) is 3.39. The maximum absolute atomic E-state index is 11.8. The molecule has 2 aromatic carbocycles. The molecule has 0 aliphatic rings. The van der Waals surface area contributed by atoms with Crippen LogP contribution in [-0.4, -0.2) is 5.97 Å². The Hall–Kier alpha value is -2.09. The number of carbonyl (C=O) groups is 1. The fraction of sp³-hybridized carbons (Fsp3) is 0.316. The highest BCUT2D eigenvalue weighted by atomic mass is 16.5. The van der Waals surface area contributed by atoms with E-state index in [0.717, 1.165) is 0 Å². The van der Waals surface area contributed by atoms with Crippen molar-refractivity contribution in [1.29, 1.82) is 0 Å². The minimum atomic E-state index is -0.192. The summed E-state index contributed by atoms with van der Waals surface area (Å²) in [4.78, 5) is 11.8. The molecular formula is C19H22O2. The van der Waals surface area contributed by atoms with Crippen LogP contribution in [-0.2, 0) is 16.6 Å². The average Bonchev–Trinajstić information content (AvgIpc) is 2.46. The molecule has 0 aliphatic carbocycles. The van der Waals surface area contributed by atoms with E-state index in [9.17, 15) is 4.79 Å². The van der Waals surface area contributed by atoms with Crippen molar-refractivity contribution in [3.63, 3.8) is 0 Å². The van der Waals surface area contributed by atoms with Gasteiger partial charge in [0.25, 0.3) is 0 Å². The van der Waals surface area contributed by atoms with Crippen molar-refractivity contribution in [2.24, 2.45) is 0 Å². The van der Waals surface area contributed by atoms with E-state index in [1.54, 1.807) is 12.1 Å². The Balaban J connectivity index is 1.92. The lowest BCUT2D eigenvalue weighted by molar-refractivity contribution is -0.134. The summed E-state index contributed by atoms with van der Waals surface area (Å²) in [6, 6.07) is 17.6.